The Hall–Kier alpha value is -1.60. The predicted molar refractivity (Wildman–Crippen MR) is 71.5 cm³/mol. The molecule has 0 saturated carbocycles. The molecule has 0 bridgehead atoms. The lowest BCUT2D eigenvalue weighted by molar-refractivity contribution is -0.111. The van der Waals surface area contributed by atoms with Crippen molar-refractivity contribution in [1.82, 2.24) is 0 Å². The van der Waals surface area contributed by atoms with Crippen LogP contribution in [-0.2, 0) is 4.79 Å². The van der Waals surface area contributed by atoms with Gasteiger partial charge in [0.05, 0.1) is 11.8 Å². The number of nitriles is 1. The molecule has 0 aromatic heterocycles. The number of carbonyl (C=O) groups is 1. The van der Waals surface area contributed by atoms with Gasteiger partial charge >= 0.3 is 0 Å². The number of hydrogen-bond acceptors (Lipinski definition) is 4. The van der Waals surface area contributed by atoms with Gasteiger partial charge in [0.2, 0.25) is 5.12 Å². The number of benzene rings is 1. The minimum absolute atomic E-state index is 0.132. The summed E-state index contributed by atoms with van der Waals surface area (Å²) in [5.74, 6) is -0.0736. The Morgan fingerprint density at radius 1 is 1.47 bits per heavy atom. The second kappa shape index (κ2) is 6.87. The summed E-state index contributed by atoms with van der Waals surface area (Å²) in [6, 6.07) is 11.3. The summed E-state index contributed by atoms with van der Waals surface area (Å²) < 4.78 is 0. The largest absolute Gasteiger partial charge is 0.285 e. The zero-order chi connectivity index (χ0) is 12.7. The maximum absolute atomic E-state index is 11.7. The van der Waals surface area contributed by atoms with Gasteiger partial charge < -0.3 is 0 Å². The van der Waals surface area contributed by atoms with E-state index in [1.807, 2.05) is 43.3 Å². The van der Waals surface area contributed by atoms with E-state index in [-0.39, 0.29) is 5.12 Å². The van der Waals surface area contributed by atoms with Crippen molar-refractivity contribution in [2.24, 2.45) is 10.9 Å². The number of thioether (sulfide) groups is 1. The van der Waals surface area contributed by atoms with Gasteiger partial charge in [0.25, 0.3) is 0 Å². The fraction of sp³-hybridized carbons (Fsp3) is 0.308. The number of rotatable bonds is 4. The van der Waals surface area contributed by atoms with Gasteiger partial charge in [-0.05, 0) is 24.8 Å². The first-order chi connectivity index (χ1) is 8.19. The molecule has 0 aliphatic rings. The van der Waals surface area contributed by atoms with Crippen molar-refractivity contribution in [3.05, 3.63) is 30.3 Å². The third kappa shape index (κ3) is 4.04. The smallest absolute Gasteiger partial charge is 0.211 e. The van der Waals surface area contributed by atoms with Crippen molar-refractivity contribution >= 4 is 28.3 Å². The first kappa shape index (κ1) is 13.5. The van der Waals surface area contributed by atoms with Crippen LogP contribution in [0.2, 0.25) is 0 Å². The van der Waals surface area contributed by atoms with Crippen molar-refractivity contribution in [3.8, 4) is 6.07 Å². The lowest BCUT2D eigenvalue weighted by atomic mass is 10.1. The zero-order valence-electron chi connectivity index (χ0n) is 9.88. The molecule has 0 aliphatic carbocycles. The standard InChI is InChI=1S/C13H14N2OS/c1-3-17-13(16)12(9-14)10(2)15-11-7-5-4-6-8-11/h4-8,12H,3H2,1-2H3. The van der Waals surface area contributed by atoms with Crippen molar-refractivity contribution < 1.29 is 4.79 Å². The maximum Gasteiger partial charge on any atom is 0.211 e. The number of para-hydroxylation sites is 1. The summed E-state index contributed by atoms with van der Waals surface area (Å²) in [5.41, 5.74) is 1.31. The van der Waals surface area contributed by atoms with Gasteiger partial charge in [0.15, 0.2) is 5.92 Å². The van der Waals surface area contributed by atoms with Crippen molar-refractivity contribution in [3.63, 3.8) is 0 Å². The third-order valence-corrected chi connectivity index (χ3v) is 2.94. The predicted octanol–water partition coefficient (Wildman–Crippen LogP) is 3.20. The molecule has 1 rings (SSSR count). The second-order valence-electron chi connectivity index (χ2n) is 3.40. The van der Waals surface area contributed by atoms with E-state index >= 15 is 0 Å². The molecule has 0 amide bonds. The summed E-state index contributed by atoms with van der Waals surface area (Å²) in [7, 11) is 0. The molecule has 1 unspecified atom stereocenters. The summed E-state index contributed by atoms with van der Waals surface area (Å²) in [4.78, 5) is 16.0. The van der Waals surface area contributed by atoms with E-state index in [0.29, 0.717) is 11.5 Å². The quantitative estimate of drug-likeness (QED) is 0.766. The van der Waals surface area contributed by atoms with E-state index in [1.54, 1.807) is 6.92 Å². The second-order valence-corrected chi connectivity index (χ2v) is 4.67. The highest BCUT2D eigenvalue weighted by Gasteiger charge is 2.20. The number of nitrogens with zero attached hydrogens (tertiary/aromatic N) is 2. The minimum atomic E-state index is -0.750. The van der Waals surface area contributed by atoms with Crippen LogP contribution in [0.25, 0.3) is 0 Å². The van der Waals surface area contributed by atoms with Crippen LogP contribution in [-0.4, -0.2) is 16.6 Å². The molecule has 4 heteroatoms. The SMILES string of the molecule is CCSC(=O)C(C#N)C(C)=Nc1ccccc1. The topological polar surface area (TPSA) is 53.2 Å². The van der Waals surface area contributed by atoms with Crippen LogP contribution < -0.4 is 0 Å². The van der Waals surface area contributed by atoms with Gasteiger partial charge in [-0.25, -0.2) is 0 Å². The van der Waals surface area contributed by atoms with Crippen molar-refractivity contribution in [2.75, 3.05) is 5.75 Å². The van der Waals surface area contributed by atoms with Gasteiger partial charge in [-0.2, -0.15) is 5.26 Å². The molecular formula is C13H14N2OS. The Morgan fingerprint density at radius 3 is 2.65 bits per heavy atom. The number of aliphatic imine (C=N–C) groups is 1. The highest BCUT2D eigenvalue weighted by molar-refractivity contribution is 8.13. The Morgan fingerprint density at radius 2 is 2.12 bits per heavy atom. The molecule has 0 N–H and O–H groups in total. The first-order valence-electron chi connectivity index (χ1n) is 5.35. The van der Waals surface area contributed by atoms with E-state index < -0.39 is 5.92 Å². The van der Waals surface area contributed by atoms with Crippen LogP contribution >= 0.6 is 11.8 Å². The molecule has 0 saturated heterocycles. The van der Waals surface area contributed by atoms with Gasteiger partial charge in [-0.3, -0.25) is 9.79 Å². The Bertz CT molecular complexity index is 448. The first-order valence-corrected chi connectivity index (χ1v) is 6.34. The monoisotopic (exact) mass is 246 g/mol. The number of hydrogen-bond donors (Lipinski definition) is 0. The molecule has 0 spiro atoms. The van der Waals surface area contributed by atoms with Crippen LogP contribution in [0.4, 0.5) is 5.69 Å². The van der Waals surface area contributed by atoms with Gasteiger partial charge in [0.1, 0.15) is 0 Å². The molecule has 0 aliphatic heterocycles. The van der Waals surface area contributed by atoms with Crippen LogP contribution in [0.3, 0.4) is 0 Å². The molecule has 1 aromatic rings. The van der Waals surface area contributed by atoms with Crippen molar-refractivity contribution in [1.29, 1.82) is 5.26 Å². The van der Waals surface area contributed by atoms with E-state index in [4.69, 9.17) is 5.26 Å². The molecule has 1 atom stereocenters. The molecule has 0 radical (unpaired) electrons. The molecule has 88 valence electrons. The van der Waals surface area contributed by atoms with Crippen molar-refractivity contribution in [2.45, 2.75) is 13.8 Å². The summed E-state index contributed by atoms with van der Waals surface area (Å²) in [5, 5.41) is 8.87. The highest BCUT2D eigenvalue weighted by Crippen LogP contribution is 2.16. The normalized spacial score (nSPS) is 12.9. The molecule has 0 fully saturated rings. The van der Waals surface area contributed by atoms with Crippen LogP contribution in [0.1, 0.15) is 13.8 Å². The summed E-state index contributed by atoms with van der Waals surface area (Å²) in [6.07, 6.45) is 0. The van der Waals surface area contributed by atoms with E-state index in [1.165, 1.54) is 0 Å². The van der Waals surface area contributed by atoms with E-state index in [9.17, 15) is 4.79 Å². The van der Waals surface area contributed by atoms with Crippen LogP contribution in [0, 0.1) is 17.2 Å². The summed E-state index contributed by atoms with van der Waals surface area (Å²) in [6.45, 7) is 3.61. The van der Waals surface area contributed by atoms with Crippen LogP contribution in [0.5, 0.6) is 0 Å². The Kier molecular flexibility index (Phi) is 5.44. The minimum Gasteiger partial charge on any atom is -0.285 e. The summed E-state index contributed by atoms with van der Waals surface area (Å²) >= 11 is 1.16. The molecule has 17 heavy (non-hydrogen) atoms. The fourth-order valence-electron chi connectivity index (χ4n) is 1.31. The van der Waals surface area contributed by atoms with Gasteiger partial charge in [0, 0.05) is 5.71 Å². The van der Waals surface area contributed by atoms with Crippen LogP contribution in [0.15, 0.2) is 35.3 Å². The highest BCUT2D eigenvalue weighted by atomic mass is 32.2. The molecule has 1 aromatic carbocycles. The number of carbonyl (C=O) groups excluding carboxylic acids is 1. The lowest BCUT2D eigenvalue weighted by Crippen LogP contribution is -2.17. The zero-order valence-corrected chi connectivity index (χ0v) is 10.7. The third-order valence-electron chi connectivity index (χ3n) is 2.13. The maximum atomic E-state index is 11.7. The Labute approximate surface area is 106 Å². The molecular weight excluding hydrogens is 232 g/mol. The van der Waals surface area contributed by atoms with Gasteiger partial charge in [-0.1, -0.05) is 36.9 Å². The molecule has 0 heterocycles. The van der Waals surface area contributed by atoms with E-state index in [2.05, 4.69) is 4.99 Å². The van der Waals surface area contributed by atoms with Gasteiger partial charge in [-0.15, -0.1) is 0 Å². The fourth-order valence-corrected chi connectivity index (χ4v) is 1.99. The molecule has 3 nitrogen and oxygen atoms in total. The Balaban J connectivity index is 2.87. The average molecular weight is 246 g/mol. The lowest BCUT2D eigenvalue weighted by Gasteiger charge is -2.06. The average Bonchev–Trinajstić information content (AvgIpc) is 2.31. The van der Waals surface area contributed by atoms with E-state index in [0.717, 1.165) is 17.4 Å².